The number of benzene rings is 3. The topological polar surface area (TPSA) is 20.2 Å². The number of hydrogen-bond acceptors (Lipinski definition) is 1. The van der Waals surface area contributed by atoms with Crippen LogP contribution in [-0.4, -0.2) is 5.11 Å². The Balaban J connectivity index is 2.32. The Morgan fingerprint density at radius 1 is 0.955 bits per heavy atom. The monoisotopic (exact) mass is 310 g/mol. The van der Waals surface area contributed by atoms with E-state index in [1.165, 1.54) is 10.8 Å². The molecule has 0 radical (unpaired) electrons. The molecule has 0 aromatic heterocycles. The molecule has 22 heavy (non-hydrogen) atoms. The molecule has 1 unspecified atom stereocenters. The average Bonchev–Trinajstić information content (AvgIpc) is 2.54. The summed E-state index contributed by atoms with van der Waals surface area (Å²) in [6.07, 6.45) is 0.630. The molecule has 0 heterocycles. The van der Waals surface area contributed by atoms with E-state index in [0.717, 1.165) is 16.7 Å². The van der Waals surface area contributed by atoms with Gasteiger partial charge in [-0.1, -0.05) is 67.1 Å². The molecule has 0 saturated carbocycles. The minimum absolute atomic E-state index is 0.630. The van der Waals surface area contributed by atoms with Gasteiger partial charge in [-0.3, -0.25) is 0 Å². The zero-order valence-electron chi connectivity index (χ0n) is 12.8. The summed E-state index contributed by atoms with van der Waals surface area (Å²) in [4.78, 5) is 0. The fourth-order valence-electron chi connectivity index (χ4n) is 2.85. The maximum Gasteiger partial charge on any atom is 0.0872 e. The van der Waals surface area contributed by atoms with E-state index in [4.69, 9.17) is 11.6 Å². The molecule has 112 valence electrons. The molecule has 0 fully saturated rings. The van der Waals surface area contributed by atoms with Crippen LogP contribution in [0.4, 0.5) is 0 Å². The van der Waals surface area contributed by atoms with Gasteiger partial charge in [-0.2, -0.15) is 0 Å². The van der Waals surface area contributed by atoms with Crippen molar-refractivity contribution in [1.29, 1.82) is 0 Å². The highest BCUT2D eigenvalue weighted by molar-refractivity contribution is 6.30. The summed E-state index contributed by atoms with van der Waals surface area (Å²) < 4.78 is 0. The predicted molar refractivity (Wildman–Crippen MR) is 94.3 cm³/mol. The highest BCUT2D eigenvalue weighted by Crippen LogP contribution is 2.38. The zero-order valence-corrected chi connectivity index (χ0v) is 13.6. The maximum atomic E-state index is 10.8. The van der Waals surface area contributed by atoms with Gasteiger partial charge in [-0.05, 0) is 52.9 Å². The molecule has 1 atom stereocenters. The second-order valence-electron chi connectivity index (χ2n) is 5.84. The van der Waals surface area contributed by atoms with E-state index in [9.17, 15) is 5.11 Å². The third-order valence-corrected chi connectivity index (χ3v) is 4.57. The Bertz CT molecular complexity index is 816. The van der Waals surface area contributed by atoms with Gasteiger partial charge in [0.15, 0.2) is 0 Å². The standard InChI is InChI=1S/C20H19ClO/c1-3-20(2,22)19-13-15(21)11-12-18(19)17-10-6-8-14-7-4-5-9-16(14)17/h4-13,22H,3H2,1-2H3. The fraction of sp³-hybridized carbons (Fsp3) is 0.200. The summed E-state index contributed by atoms with van der Waals surface area (Å²) in [5, 5.41) is 13.8. The molecule has 1 nitrogen and oxygen atoms in total. The first-order valence-corrected chi connectivity index (χ1v) is 7.91. The summed E-state index contributed by atoms with van der Waals surface area (Å²) in [6.45, 7) is 3.82. The molecule has 0 aliphatic carbocycles. The third-order valence-electron chi connectivity index (χ3n) is 4.33. The van der Waals surface area contributed by atoms with Crippen LogP contribution in [0.25, 0.3) is 21.9 Å². The lowest BCUT2D eigenvalue weighted by Gasteiger charge is -2.26. The molecular formula is C20H19ClO. The van der Waals surface area contributed by atoms with Crippen LogP contribution in [-0.2, 0) is 5.60 Å². The summed E-state index contributed by atoms with van der Waals surface area (Å²) in [5.41, 5.74) is 2.13. The van der Waals surface area contributed by atoms with Gasteiger partial charge in [0, 0.05) is 5.02 Å². The first kappa shape index (κ1) is 15.1. The van der Waals surface area contributed by atoms with Crippen LogP contribution in [0.3, 0.4) is 0 Å². The van der Waals surface area contributed by atoms with Crippen molar-refractivity contribution < 1.29 is 5.11 Å². The lowest BCUT2D eigenvalue weighted by atomic mass is 9.85. The van der Waals surface area contributed by atoms with Crippen LogP contribution in [0.1, 0.15) is 25.8 Å². The van der Waals surface area contributed by atoms with Gasteiger partial charge in [0.1, 0.15) is 0 Å². The van der Waals surface area contributed by atoms with Crippen molar-refractivity contribution in [2.24, 2.45) is 0 Å². The normalized spacial score (nSPS) is 14.0. The molecule has 0 bridgehead atoms. The van der Waals surface area contributed by atoms with E-state index >= 15 is 0 Å². The Hall–Kier alpha value is -1.83. The van der Waals surface area contributed by atoms with E-state index in [1.807, 2.05) is 44.2 Å². The Morgan fingerprint density at radius 2 is 1.68 bits per heavy atom. The van der Waals surface area contributed by atoms with Crippen molar-refractivity contribution in [2.75, 3.05) is 0 Å². The molecule has 3 aromatic rings. The van der Waals surface area contributed by atoms with Crippen LogP contribution < -0.4 is 0 Å². The molecule has 0 aliphatic rings. The number of fused-ring (bicyclic) bond motifs is 1. The zero-order chi connectivity index (χ0) is 15.7. The smallest absolute Gasteiger partial charge is 0.0872 e. The second kappa shape index (κ2) is 5.75. The lowest BCUT2D eigenvalue weighted by Crippen LogP contribution is -2.20. The molecule has 0 aliphatic heterocycles. The Morgan fingerprint density at radius 3 is 2.45 bits per heavy atom. The number of halogens is 1. The minimum atomic E-state index is -0.906. The lowest BCUT2D eigenvalue weighted by molar-refractivity contribution is 0.0537. The van der Waals surface area contributed by atoms with Gasteiger partial charge in [0.25, 0.3) is 0 Å². The first-order valence-electron chi connectivity index (χ1n) is 7.53. The molecular weight excluding hydrogens is 292 g/mol. The van der Waals surface area contributed by atoms with Crippen molar-refractivity contribution >= 4 is 22.4 Å². The summed E-state index contributed by atoms with van der Waals surface area (Å²) in [7, 11) is 0. The molecule has 0 saturated heterocycles. The minimum Gasteiger partial charge on any atom is -0.385 e. The molecule has 0 spiro atoms. The van der Waals surface area contributed by atoms with E-state index in [0.29, 0.717) is 11.4 Å². The summed E-state index contributed by atoms with van der Waals surface area (Å²) >= 11 is 6.17. The van der Waals surface area contributed by atoms with Crippen LogP contribution >= 0.6 is 11.6 Å². The average molecular weight is 311 g/mol. The quantitative estimate of drug-likeness (QED) is 0.650. The summed E-state index contributed by atoms with van der Waals surface area (Å²) in [5.74, 6) is 0. The van der Waals surface area contributed by atoms with E-state index in [-0.39, 0.29) is 0 Å². The van der Waals surface area contributed by atoms with Gasteiger partial charge < -0.3 is 5.11 Å². The SMILES string of the molecule is CCC(C)(O)c1cc(Cl)ccc1-c1cccc2ccccc12. The fourth-order valence-corrected chi connectivity index (χ4v) is 3.02. The maximum absolute atomic E-state index is 10.8. The van der Waals surface area contributed by atoms with Crippen LogP contribution in [0.15, 0.2) is 60.7 Å². The molecule has 2 heteroatoms. The highest BCUT2D eigenvalue weighted by atomic mass is 35.5. The highest BCUT2D eigenvalue weighted by Gasteiger charge is 2.25. The van der Waals surface area contributed by atoms with Crippen LogP contribution in [0.5, 0.6) is 0 Å². The van der Waals surface area contributed by atoms with Gasteiger partial charge in [-0.15, -0.1) is 0 Å². The van der Waals surface area contributed by atoms with Crippen molar-refractivity contribution in [1.82, 2.24) is 0 Å². The second-order valence-corrected chi connectivity index (χ2v) is 6.28. The van der Waals surface area contributed by atoms with Crippen molar-refractivity contribution in [3.8, 4) is 11.1 Å². The van der Waals surface area contributed by atoms with Gasteiger partial charge in [0.05, 0.1) is 5.60 Å². The third kappa shape index (κ3) is 2.63. The molecule has 3 aromatic carbocycles. The predicted octanol–water partition coefficient (Wildman–Crippen LogP) is 5.78. The van der Waals surface area contributed by atoms with E-state index in [1.54, 1.807) is 0 Å². The van der Waals surface area contributed by atoms with E-state index < -0.39 is 5.60 Å². The van der Waals surface area contributed by atoms with Crippen molar-refractivity contribution in [3.63, 3.8) is 0 Å². The number of rotatable bonds is 3. The summed E-state index contributed by atoms with van der Waals surface area (Å²) in [6, 6.07) is 20.3. The number of hydrogen-bond donors (Lipinski definition) is 1. The van der Waals surface area contributed by atoms with Crippen LogP contribution in [0, 0.1) is 0 Å². The number of aliphatic hydroxyl groups is 1. The van der Waals surface area contributed by atoms with Gasteiger partial charge in [0.2, 0.25) is 0 Å². The largest absolute Gasteiger partial charge is 0.385 e. The molecule has 0 amide bonds. The van der Waals surface area contributed by atoms with Crippen molar-refractivity contribution in [2.45, 2.75) is 25.9 Å². The van der Waals surface area contributed by atoms with Crippen molar-refractivity contribution in [3.05, 3.63) is 71.2 Å². The molecule has 3 rings (SSSR count). The van der Waals surface area contributed by atoms with Gasteiger partial charge in [-0.25, -0.2) is 0 Å². The Labute approximate surface area is 136 Å². The molecule has 1 N–H and O–H groups in total. The van der Waals surface area contributed by atoms with E-state index in [2.05, 4.69) is 30.3 Å². The van der Waals surface area contributed by atoms with Gasteiger partial charge >= 0.3 is 0 Å². The van der Waals surface area contributed by atoms with Crippen LogP contribution in [0.2, 0.25) is 5.02 Å². The Kier molecular flexibility index (Phi) is 3.94. The first-order chi connectivity index (χ1) is 10.5.